The molecular weight excluding hydrogens is 286 g/mol. The smallest absolute Gasteiger partial charge is 0.270 e. The Labute approximate surface area is 113 Å². The van der Waals surface area contributed by atoms with Crippen molar-refractivity contribution >= 4 is 26.9 Å². The maximum absolute atomic E-state index is 11.3. The van der Waals surface area contributed by atoms with E-state index >= 15 is 0 Å². The predicted molar refractivity (Wildman–Crippen MR) is 68.5 cm³/mol. The fraction of sp³-hybridized carbons (Fsp3) is 0.100. The van der Waals surface area contributed by atoms with Gasteiger partial charge in [-0.05, 0) is 12.1 Å². The summed E-state index contributed by atoms with van der Waals surface area (Å²) in [6.07, 6.45) is 0.917. The molecule has 0 aliphatic heterocycles. The summed E-state index contributed by atoms with van der Waals surface area (Å²) in [7, 11) is -3.59. The minimum Gasteiger partial charge on any atom is -0.270 e. The van der Waals surface area contributed by atoms with Crippen molar-refractivity contribution in [2.24, 2.45) is 5.10 Å². The molecule has 0 saturated heterocycles. The average Bonchev–Trinajstić information content (AvgIpc) is 2.38. The van der Waals surface area contributed by atoms with Crippen LogP contribution < -0.4 is 5.43 Å². The molecule has 0 fully saturated rings. The largest absolute Gasteiger partial charge is 0.295 e. The summed E-state index contributed by atoms with van der Waals surface area (Å²) < 4.78 is 22.6. The Bertz CT molecular complexity index is 754. The molecular formula is C10H7N5O4S. The number of anilines is 1. The van der Waals surface area contributed by atoms with Crippen molar-refractivity contribution in [3.05, 3.63) is 28.3 Å². The lowest BCUT2D eigenvalue weighted by atomic mass is 10.3. The second-order valence-corrected chi connectivity index (χ2v) is 5.52. The van der Waals surface area contributed by atoms with Gasteiger partial charge in [0.2, 0.25) is 5.71 Å². The number of nitrogens with zero attached hydrogens (tertiary/aromatic N) is 4. The highest BCUT2D eigenvalue weighted by Gasteiger charge is 2.18. The van der Waals surface area contributed by atoms with Gasteiger partial charge in [-0.3, -0.25) is 15.5 Å². The highest BCUT2D eigenvalue weighted by molar-refractivity contribution is 7.90. The summed E-state index contributed by atoms with van der Waals surface area (Å²) >= 11 is 0. The van der Waals surface area contributed by atoms with Gasteiger partial charge in [0.25, 0.3) is 5.69 Å². The van der Waals surface area contributed by atoms with Crippen LogP contribution in [0.3, 0.4) is 0 Å². The molecule has 1 aromatic rings. The third kappa shape index (κ3) is 3.51. The molecule has 0 atom stereocenters. The van der Waals surface area contributed by atoms with Crippen molar-refractivity contribution in [1.82, 2.24) is 0 Å². The monoisotopic (exact) mass is 293 g/mol. The number of benzene rings is 1. The maximum atomic E-state index is 11.3. The lowest BCUT2D eigenvalue weighted by Crippen LogP contribution is -2.03. The van der Waals surface area contributed by atoms with E-state index in [0.717, 1.165) is 24.5 Å². The molecule has 0 radical (unpaired) electrons. The Kier molecular flexibility index (Phi) is 4.35. The summed E-state index contributed by atoms with van der Waals surface area (Å²) in [4.78, 5) is 9.85. The van der Waals surface area contributed by atoms with Gasteiger partial charge in [0.05, 0.1) is 9.82 Å². The molecule has 1 N–H and O–H groups in total. The first-order chi connectivity index (χ1) is 9.29. The lowest BCUT2D eigenvalue weighted by molar-refractivity contribution is -0.384. The van der Waals surface area contributed by atoms with Gasteiger partial charge in [-0.1, -0.05) is 0 Å². The van der Waals surface area contributed by atoms with Crippen molar-refractivity contribution in [2.45, 2.75) is 4.90 Å². The van der Waals surface area contributed by atoms with Gasteiger partial charge in [-0.2, -0.15) is 15.6 Å². The van der Waals surface area contributed by atoms with Crippen LogP contribution in [0, 0.1) is 32.8 Å². The number of sulfone groups is 1. The van der Waals surface area contributed by atoms with Gasteiger partial charge in [0.15, 0.2) is 9.84 Å². The average molecular weight is 293 g/mol. The van der Waals surface area contributed by atoms with E-state index < -0.39 is 26.2 Å². The van der Waals surface area contributed by atoms with Crippen LogP contribution in [-0.2, 0) is 9.84 Å². The van der Waals surface area contributed by atoms with Gasteiger partial charge in [0.1, 0.15) is 17.8 Å². The van der Waals surface area contributed by atoms with Crippen LogP contribution in [0.25, 0.3) is 0 Å². The topological polar surface area (TPSA) is 149 Å². The summed E-state index contributed by atoms with van der Waals surface area (Å²) in [5, 5.41) is 31.2. The summed E-state index contributed by atoms with van der Waals surface area (Å²) in [5.41, 5.74) is 0.991. The highest BCUT2D eigenvalue weighted by atomic mass is 32.2. The molecule has 0 heterocycles. The molecule has 0 aliphatic rings. The first-order valence-electron chi connectivity index (χ1n) is 4.92. The molecule has 0 amide bonds. The van der Waals surface area contributed by atoms with E-state index in [9.17, 15) is 18.5 Å². The number of nitro groups is 1. The molecule has 1 rings (SSSR count). The Morgan fingerprint density at radius 1 is 1.40 bits per heavy atom. The summed E-state index contributed by atoms with van der Waals surface area (Å²) in [6.45, 7) is 0. The van der Waals surface area contributed by atoms with Crippen LogP contribution in [0.2, 0.25) is 0 Å². The molecule has 20 heavy (non-hydrogen) atoms. The van der Waals surface area contributed by atoms with E-state index in [1.165, 1.54) is 12.1 Å². The number of hydrogen-bond donors (Lipinski definition) is 1. The third-order valence-corrected chi connectivity index (χ3v) is 3.20. The third-order valence-electron chi connectivity index (χ3n) is 2.09. The number of rotatable bonds is 4. The molecule has 1 aromatic carbocycles. The lowest BCUT2D eigenvalue weighted by Gasteiger charge is -2.04. The first kappa shape index (κ1) is 15.1. The summed E-state index contributed by atoms with van der Waals surface area (Å²) in [5.74, 6) is 0. The van der Waals surface area contributed by atoms with E-state index in [1.807, 2.05) is 0 Å². The zero-order valence-corrected chi connectivity index (χ0v) is 10.9. The van der Waals surface area contributed by atoms with Gasteiger partial charge < -0.3 is 0 Å². The van der Waals surface area contributed by atoms with Gasteiger partial charge >= 0.3 is 0 Å². The number of hydrogen-bond acceptors (Lipinski definition) is 8. The van der Waals surface area contributed by atoms with Crippen molar-refractivity contribution in [3.63, 3.8) is 0 Å². The quantitative estimate of drug-likeness (QED) is 0.490. The van der Waals surface area contributed by atoms with E-state index in [4.69, 9.17) is 10.5 Å². The normalized spacial score (nSPS) is 9.95. The predicted octanol–water partition coefficient (Wildman–Crippen LogP) is 0.813. The van der Waals surface area contributed by atoms with Crippen LogP contribution in [0.15, 0.2) is 28.2 Å². The van der Waals surface area contributed by atoms with Crippen molar-refractivity contribution in [1.29, 1.82) is 10.5 Å². The minimum atomic E-state index is -3.59. The number of hydrazone groups is 1. The highest BCUT2D eigenvalue weighted by Crippen LogP contribution is 2.27. The molecule has 0 saturated carbocycles. The Hall–Kier alpha value is -2.98. The minimum absolute atomic E-state index is 0.134. The van der Waals surface area contributed by atoms with E-state index in [2.05, 4.69) is 10.5 Å². The molecule has 102 valence electrons. The van der Waals surface area contributed by atoms with Crippen LogP contribution in [0.1, 0.15) is 0 Å². The second kappa shape index (κ2) is 5.77. The maximum Gasteiger partial charge on any atom is 0.295 e. The molecule has 0 spiro atoms. The van der Waals surface area contributed by atoms with Gasteiger partial charge in [0, 0.05) is 12.3 Å². The van der Waals surface area contributed by atoms with E-state index in [1.54, 1.807) is 0 Å². The standard InChI is InChI=1S/C10H7N5O4S/c1-20(18,19)8-2-3-9(10(4-8)15(16)17)14-13-7(5-11)6-12/h2-4,14H,1H3. The van der Waals surface area contributed by atoms with Crippen molar-refractivity contribution < 1.29 is 13.3 Å². The molecule has 9 nitrogen and oxygen atoms in total. The number of nitrogens with one attached hydrogen (secondary N) is 1. The van der Waals surface area contributed by atoms with E-state index in [0.29, 0.717) is 0 Å². The van der Waals surface area contributed by atoms with Crippen LogP contribution >= 0.6 is 0 Å². The molecule has 0 unspecified atom stereocenters. The van der Waals surface area contributed by atoms with Crippen molar-refractivity contribution in [3.8, 4) is 12.1 Å². The Morgan fingerprint density at radius 2 is 2.00 bits per heavy atom. The molecule has 0 aromatic heterocycles. The van der Waals surface area contributed by atoms with Gasteiger partial charge in [-0.25, -0.2) is 8.42 Å². The SMILES string of the molecule is CS(=O)(=O)c1ccc(NN=C(C#N)C#N)c([N+](=O)[O-])c1. The van der Waals surface area contributed by atoms with E-state index in [-0.39, 0.29) is 10.6 Å². The van der Waals surface area contributed by atoms with Gasteiger partial charge in [-0.15, -0.1) is 0 Å². The summed E-state index contributed by atoms with van der Waals surface area (Å²) in [6, 6.07) is 6.08. The zero-order valence-electron chi connectivity index (χ0n) is 10.1. The number of nitriles is 2. The molecule has 0 bridgehead atoms. The van der Waals surface area contributed by atoms with Crippen LogP contribution in [0.4, 0.5) is 11.4 Å². The fourth-order valence-corrected chi connectivity index (χ4v) is 1.82. The Morgan fingerprint density at radius 3 is 2.45 bits per heavy atom. The molecule has 0 aliphatic carbocycles. The van der Waals surface area contributed by atoms with Crippen LogP contribution in [-0.4, -0.2) is 25.3 Å². The Balaban J connectivity index is 3.30. The van der Waals surface area contributed by atoms with Crippen molar-refractivity contribution in [2.75, 3.05) is 11.7 Å². The molecule has 10 heteroatoms. The first-order valence-corrected chi connectivity index (χ1v) is 6.81. The fourth-order valence-electron chi connectivity index (χ4n) is 1.18. The second-order valence-electron chi connectivity index (χ2n) is 3.50. The number of nitro benzene ring substituents is 1. The van der Waals surface area contributed by atoms with Crippen LogP contribution in [0.5, 0.6) is 0 Å². The zero-order chi connectivity index (χ0) is 15.3.